The molecule has 0 radical (unpaired) electrons. The normalized spacial score (nSPS) is 13.5. The molecule has 0 aliphatic heterocycles. The van der Waals surface area contributed by atoms with E-state index in [1.54, 1.807) is 0 Å². The third-order valence-corrected chi connectivity index (χ3v) is 5.09. The van der Waals surface area contributed by atoms with Gasteiger partial charge in [0, 0.05) is 28.2 Å². The van der Waals surface area contributed by atoms with Crippen molar-refractivity contribution < 1.29 is 22.5 Å². The number of carboxylic acids is 1. The van der Waals surface area contributed by atoms with Crippen LogP contribution in [0.2, 0.25) is 0 Å². The lowest BCUT2D eigenvalue weighted by atomic mass is 10.6. The molecule has 1 atom stereocenters. The van der Waals surface area contributed by atoms with E-state index in [0.717, 1.165) is 17.6 Å². The van der Waals surface area contributed by atoms with Gasteiger partial charge in [-0.2, -0.15) is 0 Å². The van der Waals surface area contributed by atoms with Crippen LogP contribution in [0, 0.1) is 0 Å². The van der Waals surface area contributed by atoms with Crippen molar-refractivity contribution in [2.45, 2.75) is 5.75 Å². The van der Waals surface area contributed by atoms with E-state index in [2.05, 4.69) is 4.98 Å². The molecule has 0 bridgehead atoms. The fourth-order valence-electron chi connectivity index (χ4n) is 0.953. The number of carboxylic acid groups (broad SMARTS) is 1. The van der Waals surface area contributed by atoms with Crippen molar-refractivity contribution in [3.63, 3.8) is 0 Å². The fourth-order valence-corrected chi connectivity index (χ4v) is 4.29. The minimum atomic E-state index is -3.12. The van der Waals surface area contributed by atoms with Gasteiger partial charge in [0.05, 0.1) is 17.2 Å². The first-order chi connectivity index (χ1) is 7.78. The van der Waals surface area contributed by atoms with Gasteiger partial charge in [0.25, 0.3) is 0 Å². The summed E-state index contributed by atoms with van der Waals surface area (Å²) in [6.07, 6.45) is 1.08. The topological polar surface area (TPSA) is 101 Å². The maximum atomic E-state index is 11.5. The molecule has 1 N–H and O–H groups in total. The van der Waals surface area contributed by atoms with Gasteiger partial charge in [-0.05, 0) is 0 Å². The second kappa shape index (κ2) is 5.69. The molecular formula is C8H11NO5S3. The number of aromatic carboxylic acids is 1. The summed E-state index contributed by atoms with van der Waals surface area (Å²) in [4.78, 5) is 14.3. The Kier molecular flexibility index (Phi) is 4.78. The molecule has 1 rings (SSSR count). The molecular weight excluding hydrogens is 286 g/mol. The Labute approximate surface area is 105 Å². The van der Waals surface area contributed by atoms with Crippen LogP contribution in [0.3, 0.4) is 0 Å². The van der Waals surface area contributed by atoms with Crippen LogP contribution >= 0.6 is 11.3 Å². The zero-order valence-electron chi connectivity index (χ0n) is 8.95. The molecule has 9 heteroatoms. The molecule has 0 amide bonds. The van der Waals surface area contributed by atoms with Gasteiger partial charge in [-0.25, -0.2) is 18.2 Å². The van der Waals surface area contributed by atoms with Crippen molar-refractivity contribution in [2.75, 3.05) is 17.8 Å². The average Bonchev–Trinajstić information content (AvgIpc) is 2.62. The van der Waals surface area contributed by atoms with Crippen LogP contribution in [0.25, 0.3) is 0 Å². The maximum absolute atomic E-state index is 11.5. The molecule has 0 spiro atoms. The average molecular weight is 297 g/mol. The van der Waals surface area contributed by atoms with Crippen molar-refractivity contribution in [3.05, 3.63) is 16.1 Å². The minimum Gasteiger partial charge on any atom is -0.476 e. The van der Waals surface area contributed by atoms with E-state index >= 15 is 0 Å². The molecule has 6 nitrogen and oxygen atoms in total. The van der Waals surface area contributed by atoms with E-state index in [4.69, 9.17) is 5.11 Å². The van der Waals surface area contributed by atoms with Gasteiger partial charge in [0.1, 0.15) is 9.84 Å². The van der Waals surface area contributed by atoms with Crippen LogP contribution in [0.5, 0.6) is 0 Å². The second-order valence-corrected chi connectivity index (χ2v) is 8.06. The third-order valence-electron chi connectivity index (χ3n) is 1.73. The minimum absolute atomic E-state index is 0.0404. The van der Waals surface area contributed by atoms with Crippen LogP contribution in [0.15, 0.2) is 5.38 Å². The summed E-state index contributed by atoms with van der Waals surface area (Å²) >= 11 is 0.960. The Hall–Kier alpha value is -0.800. The van der Waals surface area contributed by atoms with Gasteiger partial charge in [0.2, 0.25) is 5.01 Å². The van der Waals surface area contributed by atoms with E-state index in [1.807, 2.05) is 0 Å². The number of sulfone groups is 1. The van der Waals surface area contributed by atoms with Gasteiger partial charge in [-0.3, -0.25) is 4.21 Å². The quantitative estimate of drug-likeness (QED) is 0.801. The summed E-state index contributed by atoms with van der Waals surface area (Å²) in [7, 11) is -4.47. The Morgan fingerprint density at radius 2 is 2.24 bits per heavy atom. The van der Waals surface area contributed by atoms with Gasteiger partial charge in [-0.1, -0.05) is 0 Å². The molecule has 0 fully saturated rings. The number of thiazole rings is 1. The van der Waals surface area contributed by atoms with Crippen LogP contribution in [-0.4, -0.2) is 46.4 Å². The highest BCUT2D eigenvalue weighted by atomic mass is 32.2. The molecule has 96 valence electrons. The molecule has 0 aromatic carbocycles. The van der Waals surface area contributed by atoms with Crippen LogP contribution in [0.4, 0.5) is 0 Å². The molecule has 1 heterocycles. The van der Waals surface area contributed by atoms with Crippen LogP contribution in [0.1, 0.15) is 15.5 Å². The second-order valence-electron chi connectivity index (χ2n) is 3.37. The maximum Gasteiger partial charge on any atom is 0.365 e. The number of rotatable bonds is 6. The monoisotopic (exact) mass is 297 g/mol. The third kappa shape index (κ3) is 5.37. The van der Waals surface area contributed by atoms with Gasteiger partial charge in [0.15, 0.2) is 0 Å². The number of hydrogen-bond donors (Lipinski definition) is 1. The van der Waals surface area contributed by atoms with Gasteiger partial charge >= 0.3 is 5.97 Å². The molecule has 1 aromatic rings. The van der Waals surface area contributed by atoms with E-state index in [9.17, 15) is 17.4 Å². The van der Waals surface area contributed by atoms with E-state index in [-0.39, 0.29) is 22.3 Å². The lowest BCUT2D eigenvalue weighted by molar-refractivity contribution is 0.0696. The summed E-state index contributed by atoms with van der Waals surface area (Å²) < 4.78 is 33.2. The summed E-state index contributed by atoms with van der Waals surface area (Å²) in [6.45, 7) is 0. The molecule has 0 saturated carbocycles. The number of carbonyl (C=O) groups is 1. The lowest BCUT2D eigenvalue weighted by Gasteiger charge is -1.98. The predicted octanol–water partition coefficient (Wildman–Crippen LogP) is 0.135. The fraction of sp³-hybridized carbons (Fsp3) is 0.500. The van der Waals surface area contributed by atoms with Crippen molar-refractivity contribution in [2.24, 2.45) is 0 Å². The largest absolute Gasteiger partial charge is 0.476 e. The van der Waals surface area contributed by atoms with Gasteiger partial charge < -0.3 is 5.11 Å². The molecule has 1 aromatic heterocycles. The Morgan fingerprint density at radius 1 is 1.59 bits per heavy atom. The number of aromatic nitrogens is 1. The van der Waals surface area contributed by atoms with Crippen molar-refractivity contribution in [3.8, 4) is 0 Å². The zero-order chi connectivity index (χ0) is 13.1. The predicted molar refractivity (Wildman–Crippen MR) is 65.5 cm³/mol. The molecule has 0 saturated heterocycles. The van der Waals surface area contributed by atoms with E-state index < -0.39 is 26.6 Å². The summed E-state index contributed by atoms with van der Waals surface area (Å²) in [5, 5.41) is 10.1. The first kappa shape index (κ1) is 14.3. The van der Waals surface area contributed by atoms with Gasteiger partial charge in [-0.15, -0.1) is 11.3 Å². The highest BCUT2D eigenvalue weighted by Gasteiger charge is 2.12. The summed E-state index contributed by atoms with van der Waals surface area (Å²) in [6, 6.07) is 0. The van der Waals surface area contributed by atoms with E-state index in [0.29, 0.717) is 5.69 Å². The smallest absolute Gasteiger partial charge is 0.365 e. The molecule has 17 heavy (non-hydrogen) atoms. The first-order valence-electron chi connectivity index (χ1n) is 4.48. The number of nitrogens with zero attached hydrogens (tertiary/aromatic N) is 1. The molecule has 0 aliphatic carbocycles. The first-order valence-corrected chi connectivity index (χ1v) is 8.91. The Morgan fingerprint density at radius 3 is 2.71 bits per heavy atom. The van der Waals surface area contributed by atoms with Crippen molar-refractivity contribution in [1.29, 1.82) is 0 Å². The Bertz CT molecular complexity index is 533. The summed E-state index contributed by atoms with van der Waals surface area (Å²) in [5.74, 6) is -1.14. The summed E-state index contributed by atoms with van der Waals surface area (Å²) in [5.41, 5.74) is 0.416. The SMILES string of the molecule is CS(=O)(=O)CCS(=O)Cc1csc(C(=O)O)n1. The standard InChI is InChI=1S/C8H11NO5S3/c1-17(13,14)3-2-16(12)5-6-4-15-7(9-6)8(10)11/h4H,2-3,5H2,1H3,(H,10,11). The number of hydrogen-bond acceptors (Lipinski definition) is 6. The zero-order valence-corrected chi connectivity index (χ0v) is 11.4. The van der Waals surface area contributed by atoms with Crippen LogP contribution in [-0.2, 0) is 26.4 Å². The highest BCUT2D eigenvalue weighted by Crippen LogP contribution is 2.11. The van der Waals surface area contributed by atoms with Crippen molar-refractivity contribution >= 4 is 37.9 Å². The molecule has 0 aliphatic rings. The van der Waals surface area contributed by atoms with Crippen molar-refractivity contribution in [1.82, 2.24) is 4.98 Å². The highest BCUT2D eigenvalue weighted by molar-refractivity contribution is 7.92. The lowest BCUT2D eigenvalue weighted by Crippen LogP contribution is -2.13. The van der Waals surface area contributed by atoms with Crippen LogP contribution < -0.4 is 0 Å². The molecule has 1 unspecified atom stereocenters. The Balaban J connectivity index is 2.53. The van der Waals surface area contributed by atoms with E-state index in [1.165, 1.54) is 5.38 Å².